The summed E-state index contributed by atoms with van der Waals surface area (Å²) in [5.41, 5.74) is 0.868. The normalized spacial score (nSPS) is 16.4. The van der Waals surface area contributed by atoms with Gasteiger partial charge in [-0.1, -0.05) is 13.8 Å². The number of Topliss-reactive ketones (excluding diaryl/α,β-unsaturated/α-hetero) is 1. The Kier molecular flexibility index (Phi) is 5.09. The van der Waals surface area contributed by atoms with Crippen LogP contribution in [0.25, 0.3) is 0 Å². The summed E-state index contributed by atoms with van der Waals surface area (Å²) in [5.74, 6) is 2.56. The number of thioether (sulfide) groups is 1. The molecule has 0 N–H and O–H groups in total. The molecule has 0 aromatic rings. The summed E-state index contributed by atoms with van der Waals surface area (Å²) in [4.78, 5) is 11.6. The maximum atomic E-state index is 11.6. The van der Waals surface area contributed by atoms with Crippen molar-refractivity contribution < 1.29 is 9.53 Å². The summed E-state index contributed by atoms with van der Waals surface area (Å²) in [6.07, 6.45) is 3.51. The van der Waals surface area contributed by atoms with Gasteiger partial charge in [-0.2, -0.15) is 11.8 Å². The lowest BCUT2D eigenvalue weighted by Gasteiger charge is -2.12. The van der Waals surface area contributed by atoms with Crippen molar-refractivity contribution in [3.63, 3.8) is 0 Å². The Morgan fingerprint density at radius 2 is 2.43 bits per heavy atom. The van der Waals surface area contributed by atoms with Gasteiger partial charge in [0.15, 0.2) is 5.78 Å². The maximum absolute atomic E-state index is 11.6. The molecule has 0 unspecified atom stereocenters. The fourth-order valence-corrected chi connectivity index (χ4v) is 2.21. The number of allylic oxidation sites excluding steroid dienone is 1. The number of ketones is 1. The van der Waals surface area contributed by atoms with E-state index in [2.05, 4.69) is 13.8 Å². The van der Waals surface area contributed by atoms with Gasteiger partial charge < -0.3 is 4.74 Å². The summed E-state index contributed by atoms with van der Waals surface area (Å²) in [6.45, 7) is 5.09. The molecule has 0 aromatic carbocycles. The molecule has 0 atom stereocenters. The zero-order valence-electron chi connectivity index (χ0n) is 8.91. The van der Waals surface area contributed by atoms with Crippen molar-refractivity contribution in [2.24, 2.45) is 5.92 Å². The SMILES string of the molecule is CC(C)CSCC(=O)C1=COCCC1. The van der Waals surface area contributed by atoms with Crippen LogP contribution in [-0.2, 0) is 9.53 Å². The van der Waals surface area contributed by atoms with E-state index in [1.54, 1.807) is 18.0 Å². The van der Waals surface area contributed by atoms with Crippen LogP contribution in [0.3, 0.4) is 0 Å². The summed E-state index contributed by atoms with van der Waals surface area (Å²) in [5, 5.41) is 0. The standard InChI is InChI=1S/C11H18O2S/c1-9(2)7-14-8-11(12)10-4-3-5-13-6-10/h6,9H,3-5,7-8H2,1-2H3. The highest BCUT2D eigenvalue weighted by atomic mass is 32.2. The van der Waals surface area contributed by atoms with E-state index in [4.69, 9.17) is 4.74 Å². The molecule has 1 rings (SSSR count). The highest BCUT2D eigenvalue weighted by Gasteiger charge is 2.13. The van der Waals surface area contributed by atoms with E-state index in [1.165, 1.54) is 0 Å². The Bertz CT molecular complexity index is 221. The van der Waals surface area contributed by atoms with Crippen LogP contribution >= 0.6 is 11.8 Å². The molecule has 2 nitrogen and oxygen atoms in total. The molecule has 0 saturated carbocycles. The van der Waals surface area contributed by atoms with Gasteiger partial charge in [0.1, 0.15) is 0 Å². The average molecular weight is 214 g/mol. The number of hydrogen-bond acceptors (Lipinski definition) is 3. The highest BCUT2D eigenvalue weighted by molar-refractivity contribution is 7.99. The Labute approximate surface area is 90.1 Å². The third kappa shape index (κ3) is 4.18. The molecule has 0 radical (unpaired) electrons. The minimum absolute atomic E-state index is 0.246. The van der Waals surface area contributed by atoms with Crippen molar-refractivity contribution >= 4 is 17.5 Å². The van der Waals surface area contributed by atoms with E-state index < -0.39 is 0 Å². The molecular weight excluding hydrogens is 196 g/mol. The van der Waals surface area contributed by atoms with Crippen LogP contribution in [0.2, 0.25) is 0 Å². The van der Waals surface area contributed by atoms with Crippen LogP contribution in [-0.4, -0.2) is 23.9 Å². The van der Waals surface area contributed by atoms with Crippen molar-refractivity contribution in [3.05, 3.63) is 11.8 Å². The Morgan fingerprint density at radius 3 is 3.00 bits per heavy atom. The summed E-state index contributed by atoms with van der Waals surface area (Å²) in [7, 11) is 0. The van der Waals surface area contributed by atoms with Crippen molar-refractivity contribution in [1.29, 1.82) is 0 Å². The number of ether oxygens (including phenoxy) is 1. The lowest BCUT2D eigenvalue weighted by atomic mass is 10.1. The van der Waals surface area contributed by atoms with Gasteiger partial charge in [0.05, 0.1) is 18.6 Å². The lowest BCUT2D eigenvalue weighted by molar-refractivity contribution is -0.113. The second-order valence-corrected chi connectivity index (χ2v) is 4.98. The van der Waals surface area contributed by atoms with Gasteiger partial charge in [-0.3, -0.25) is 4.79 Å². The van der Waals surface area contributed by atoms with Gasteiger partial charge in [0, 0.05) is 5.57 Å². The quantitative estimate of drug-likeness (QED) is 0.703. The van der Waals surface area contributed by atoms with Crippen molar-refractivity contribution in [3.8, 4) is 0 Å². The first-order chi connectivity index (χ1) is 6.70. The van der Waals surface area contributed by atoms with Gasteiger partial charge in [-0.15, -0.1) is 0 Å². The molecule has 80 valence electrons. The first-order valence-corrected chi connectivity index (χ1v) is 6.27. The van der Waals surface area contributed by atoms with E-state index in [0.717, 1.165) is 30.8 Å². The smallest absolute Gasteiger partial charge is 0.171 e. The molecule has 0 spiro atoms. The molecular formula is C11H18O2S. The molecule has 0 aliphatic carbocycles. The minimum Gasteiger partial charge on any atom is -0.501 e. The molecule has 1 aliphatic rings. The zero-order chi connectivity index (χ0) is 10.4. The minimum atomic E-state index is 0.246. The average Bonchev–Trinajstić information content (AvgIpc) is 2.18. The number of carbonyl (C=O) groups excluding carboxylic acids is 1. The third-order valence-corrected chi connectivity index (χ3v) is 3.35. The molecule has 3 heteroatoms. The first kappa shape index (κ1) is 11.6. The first-order valence-electron chi connectivity index (χ1n) is 5.11. The molecule has 1 aliphatic heterocycles. The Hall–Kier alpha value is -0.440. The number of rotatable bonds is 5. The van der Waals surface area contributed by atoms with Crippen LogP contribution in [0.1, 0.15) is 26.7 Å². The molecule has 14 heavy (non-hydrogen) atoms. The molecule has 0 saturated heterocycles. The largest absolute Gasteiger partial charge is 0.501 e. The molecule has 0 bridgehead atoms. The highest BCUT2D eigenvalue weighted by Crippen LogP contribution is 2.16. The van der Waals surface area contributed by atoms with E-state index in [0.29, 0.717) is 11.7 Å². The molecule has 1 heterocycles. The van der Waals surface area contributed by atoms with Crippen molar-refractivity contribution in [1.82, 2.24) is 0 Å². The van der Waals surface area contributed by atoms with Crippen LogP contribution in [0.4, 0.5) is 0 Å². The van der Waals surface area contributed by atoms with E-state index in [1.807, 2.05) is 0 Å². The number of hydrogen-bond donors (Lipinski definition) is 0. The fourth-order valence-electron chi connectivity index (χ4n) is 1.25. The zero-order valence-corrected chi connectivity index (χ0v) is 9.73. The van der Waals surface area contributed by atoms with E-state index in [-0.39, 0.29) is 5.78 Å². The van der Waals surface area contributed by atoms with Gasteiger partial charge in [0.25, 0.3) is 0 Å². The predicted octanol–water partition coefficient (Wildman–Crippen LogP) is 2.64. The van der Waals surface area contributed by atoms with Crippen LogP contribution in [0, 0.1) is 5.92 Å². The van der Waals surface area contributed by atoms with Crippen molar-refractivity contribution in [2.45, 2.75) is 26.7 Å². The topological polar surface area (TPSA) is 26.3 Å². The van der Waals surface area contributed by atoms with Crippen LogP contribution < -0.4 is 0 Å². The Balaban J connectivity index is 2.24. The van der Waals surface area contributed by atoms with Gasteiger partial charge in [-0.05, 0) is 24.5 Å². The van der Waals surface area contributed by atoms with Crippen molar-refractivity contribution in [2.75, 3.05) is 18.1 Å². The van der Waals surface area contributed by atoms with E-state index in [9.17, 15) is 4.79 Å². The second kappa shape index (κ2) is 6.12. The van der Waals surface area contributed by atoms with Gasteiger partial charge >= 0.3 is 0 Å². The molecule has 0 fully saturated rings. The summed E-state index contributed by atoms with van der Waals surface area (Å²) < 4.78 is 5.14. The summed E-state index contributed by atoms with van der Waals surface area (Å²) in [6, 6.07) is 0. The fraction of sp³-hybridized carbons (Fsp3) is 0.727. The predicted molar refractivity (Wildman–Crippen MR) is 60.4 cm³/mol. The van der Waals surface area contributed by atoms with E-state index >= 15 is 0 Å². The monoisotopic (exact) mass is 214 g/mol. The van der Waals surface area contributed by atoms with Crippen LogP contribution in [0.5, 0.6) is 0 Å². The second-order valence-electron chi connectivity index (χ2n) is 3.95. The Morgan fingerprint density at radius 1 is 1.64 bits per heavy atom. The van der Waals surface area contributed by atoms with Crippen LogP contribution in [0.15, 0.2) is 11.8 Å². The number of carbonyl (C=O) groups is 1. The molecule has 0 aromatic heterocycles. The third-order valence-electron chi connectivity index (χ3n) is 1.98. The van der Waals surface area contributed by atoms with Gasteiger partial charge in [0.2, 0.25) is 0 Å². The lowest BCUT2D eigenvalue weighted by Crippen LogP contribution is -2.11. The summed E-state index contributed by atoms with van der Waals surface area (Å²) >= 11 is 1.72. The molecule has 0 amide bonds. The maximum Gasteiger partial charge on any atom is 0.171 e. The van der Waals surface area contributed by atoms with Gasteiger partial charge in [-0.25, -0.2) is 0 Å².